The van der Waals surface area contributed by atoms with Gasteiger partial charge in [0, 0.05) is 0 Å². The quantitative estimate of drug-likeness (QED) is 0.750. The lowest BCUT2D eigenvalue weighted by Gasteiger charge is -2.06. The normalized spacial score (nSPS) is 9.94. The van der Waals surface area contributed by atoms with E-state index in [-0.39, 0.29) is 12.6 Å². The van der Waals surface area contributed by atoms with Crippen molar-refractivity contribution in [3.63, 3.8) is 0 Å². The van der Waals surface area contributed by atoms with Gasteiger partial charge < -0.3 is 4.74 Å². The predicted molar refractivity (Wildman–Crippen MR) is 66.5 cm³/mol. The maximum absolute atomic E-state index is 11.8. The Balaban J connectivity index is 2.01. The van der Waals surface area contributed by atoms with Crippen LogP contribution in [0, 0.1) is 6.92 Å². The first-order valence-electron chi connectivity index (χ1n) is 5.39. The molecule has 0 bridgehead atoms. The third kappa shape index (κ3) is 2.94. The van der Waals surface area contributed by atoms with Gasteiger partial charge in [0.25, 0.3) is 0 Å². The van der Waals surface area contributed by atoms with Crippen molar-refractivity contribution >= 4 is 5.97 Å². The monoisotopic (exact) mass is 225 g/mol. The van der Waals surface area contributed by atoms with Crippen LogP contribution < -0.4 is 0 Å². The van der Waals surface area contributed by atoms with Crippen molar-refractivity contribution in [1.29, 1.82) is 0 Å². The van der Waals surface area contributed by atoms with Crippen molar-refractivity contribution in [2.24, 2.45) is 0 Å². The fourth-order valence-corrected chi connectivity index (χ4v) is 1.52. The van der Waals surface area contributed by atoms with Crippen LogP contribution in [0.3, 0.4) is 0 Å². The minimum Gasteiger partial charge on any atom is -0.457 e. The second-order valence-electron chi connectivity index (χ2n) is 3.72. The van der Waals surface area contributed by atoms with Crippen LogP contribution in [-0.2, 0) is 11.3 Å². The fraction of sp³-hybridized carbons (Fsp3) is 0.0667. The highest BCUT2D eigenvalue weighted by Crippen LogP contribution is 2.10. The van der Waals surface area contributed by atoms with E-state index in [1.165, 1.54) is 0 Å². The Morgan fingerprint density at radius 1 is 1.00 bits per heavy atom. The number of benzene rings is 2. The maximum atomic E-state index is 11.8. The van der Waals surface area contributed by atoms with Crippen molar-refractivity contribution in [2.75, 3.05) is 0 Å². The van der Waals surface area contributed by atoms with Gasteiger partial charge in [-0.25, -0.2) is 4.79 Å². The lowest BCUT2D eigenvalue weighted by atomic mass is 10.1. The zero-order valence-electron chi connectivity index (χ0n) is 9.43. The smallest absolute Gasteiger partial charge is 0.338 e. The summed E-state index contributed by atoms with van der Waals surface area (Å²) in [6.45, 7) is 4.08. The predicted octanol–water partition coefficient (Wildman–Crippen LogP) is 3.23. The van der Waals surface area contributed by atoms with Gasteiger partial charge in [-0.2, -0.15) is 0 Å². The molecule has 0 aromatic heterocycles. The van der Waals surface area contributed by atoms with Gasteiger partial charge in [-0.3, -0.25) is 0 Å². The molecule has 1 radical (unpaired) electrons. The molecule has 0 saturated carbocycles. The van der Waals surface area contributed by atoms with E-state index < -0.39 is 0 Å². The van der Waals surface area contributed by atoms with E-state index in [4.69, 9.17) is 4.74 Å². The summed E-state index contributed by atoms with van der Waals surface area (Å²) < 4.78 is 5.22. The van der Waals surface area contributed by atoms with Crippen LogP contribution in [0.4, 0.5) is 0 Å². The van der Waals surface area contributed by atoms with Gasteiger partial charge in [0.15, 0.2) is 0 Å². The van der Waals surface area contributed by atoms with E-state index >= 15 is 0 Å². The molecule has 0 aliphatic heterocycles. The van der Waals surface area contributed by atoms with Crippen molar-refractivity contribution in [2.45, 2.75) is 6.61 Å². The Morgan fingerprint density at radius 2 is 1.65 bits per heavy atom. The minimum absolute atomic E-state index is 0.286. The standard InChI is InChI=1S/C15H13O2/c1-12-7-5-6-10-14(12)15(16)17-11-13-8-3-2-4-9-13/h2-10H,1,11H2. The molecule has 0 aliphatic carbocycles. The van der Waals surface area contributed by atoms with Gasteiger partial charge in [-0.15, -0.1) is 0 Å². The van der Waals surface area contributed by atoms with Crippen LogP contribution in [0.15, 0.2) is 54.6 Å². The number of ether oxygens (including phenoxy) is 1. The molecule has 0 saturated heterocycles. The van der Waals surface area contributed by atoms with Crippen molar-refractivity contribution in [1.82, 2.24) is 0 Å². The summed E-state index contributed by atoms with van der Waals surface area (Å²) in [5, 5.41) is 0. The average Bonchev–Trinajstić information content (AvgIpc) is 2.38. The molecular formula is C15H13O2. The molecule has 0 fully saturated rings. The summed E-state index contributed by atoms with van der Waals surface area (Å²) in [5.41, 5.74) is 2.18. The van der Waals surface area contributed by atoms with Gasteiger partial charge in [0.1, 0.15) is 6.61 Å². The van der Waals surface area contributed by atoms with E-state index in [2.05, 4.69) is 6.92 Å². The number of carbonyl (C=O) groups excluding carboxylic acids is 1. The van der Waals surface area contributed by atoms with E-state index in [1.54, 1.807) is 18.2 Å². The number of hydrogen-bond acceptors (Lipinski definition) is 2. The first kappa shape index (κ1) is 11.4. The van der Waals surface area contributed by atoms with Gasteiger partial charge >= 0.3 is 5.97 Å². The van der Waals surface area contributed by atoms with Crippen LogP contribution in [0.2, 0.25) is 0 Å². The Bertz CT molecular complexity index is 503. The summed E-state index contributed by atoms with van der Waals surface area (Å²) >= 11 is 0. The van der Waals surface area contributed by atoms with E-state index in [9.17, 15) is 4.79 Å². The van der Waals surface area contributed by atoms with Crippen molar-refractivity contribution in [3.05, 3.63) is 78.2 Å². The van der Waals surface area contributed by atoms with Crippen LogP contribution in [0.1, 0.15) is 21.5 Å². The van der Waals surface area contributed by atoms with Gasteiger partial charge in [0.2, 0.25) is 0 Å². The molecular weight excluding hydrogens is 212 g/mol. The highest BCUT2D eigenvalue weighted by Gasteiger charge is 2.09. The lowest BCUT2D eigenvalue weighted by molar-refractivity contribution is 0.0472. The third-order valence-corrected chi connectivity index (χ3v) is 2.45. The van der Waals surface area contributed by atoms with E-state index in [0.717, 1.165) is 5.56 Å². The maximum Gasteiger partial charge on any atom is 0.338 e. The molecule has 0 unspecified atom stereocenters. The van der Waals surface area contributed by atoms with Crippen molar-refractivity contribution in [3.8, 4) is 0 Å². The van der Waals surface area contributed by atoms with E-state index in [0.29, 0.717) is 11.1 Å². The molecule has 0 spiro atoms. The largest absolute Gasteiger partial charge is 0.457 e. The molecule has 85 valence electrons. The summed E-state index contributed by atoms with van der Waals surface area (Å²) in [6.07, 6.45) is 0. The zero-order valence-corrected chi connectivity index (χ0v) is 9.43. The summed E-state index contributed by atoms with van der Waals surface area (Å²) in [6, 6.07) is 16.7. The van der Waals surface area contributed by atoms with Gasteiger partial charge in [-0.1, -0.05) is 48.5 Å². The molecule has 2 aromatic carbocycles. The first-order chi connectivity index (χ1) is 8.27. The summed E-state index contributed by atoms with van der Waals surface area (Å²) in [5.74, 6) is -0.334. The molecule has 0 heterocycles. The van der Waals surface area contributed by atoms with Crippen LogP contribution in [0.5, 0.6) is 0 Å². The number of hydrogen-bond donors (Lipinski definition) is 0. The molecule has 0 N–H and O–H groups in total. The average molecular weight is 225 g/mol. The molecule has 0 atom stereocenters. The SMILES string of the molecule is [CH2]c1ccccc1C(=O)OCc1ccccc1. The Kier molecular flexibility index (Phi) is 3.55. The summed E-state index contributed by atoms with van der Waals surface area (Å²) in [7, 11) is 0. The van der Waals surface area contributed by atoms with Gasteiger partial charge in [-0.05, 0) is 24.1 Å². The third-order valence-electron chi connectivity index (χ3n) is 2.45. The Morgan fingerprint density at radius 3 is 2.35 bits per heavy atom. The van der Waals surface area contributed by atoms with Crippen LogP contribution >= 0.6 is 0 Å². The first-order valence-corrected chi connectivity index (χ1v) is 5.39. The molecule has 0 aliphatic rings. The fourth-order valence-electron chi connectivity index (χ4n) is 1.52. The highest BCUT2D eigenvalue weighted by molar-refractivity contribution is 5.91. The lowest BCUT2D eigenvalue weighted by Crippen LogP contribution is -2.06. The highest BCUT2D eigenvalue weighted by atomic mass is 16.5. The Hall–Kier alpha value is -2.09. The number of carbonyl (C=O) groups is 1. The molecule has 0 amide bonds. The second kappa shape index (κ2) is 5.30. The Labute approximate surface area is 101 Å². The molecule has 17 heavy (non-hydrogen) atoms. The topological polar surface area (TPSA) is 26.3 Å². The molecule has 2 rings (SSSR count). The zero-order chi connectivity index (χ0) is 12.1. The second-order valence-corrected chi connectivity index (χ2v) is 3.72. The minimum atomic E-state index is -0.334. The number of rotatable bonds is 3. The summed E-state index contributed by atoms with van der Waals surface area (Å²) in [4.78, 5) is 11.8. The molecule has 2 heteroatoms. The molecule has 2 aromatic rings. The van der Waals surface area contributed by atoms with Crippen LogP contribution in [-0.4, -0.2) is 5.97 Å². The van der Waals surface area contributed by atoms with E-state index in [1.807, 2.05) is 36.4 Å². The van der Waals surface area contributed by atoms with Crippen molar-refractivity contribution < 1.29 is 9.53 Å². The molecule has 2 nitrogen and oxygen atoms in total. The number of esters is 1. The van der Waals surface area contributed by atoms with Crippen LogP contribution in [0.25, 0.3) is 0 Å². The van der Waals surface area contributed by atoms with Gasteiger partial charge in [0.05, 0.1) is 5.56 Å².